The van der Waals surface area contributed by atoms with Gasteiger partial charge < -0.3 is 51.7 Å². The van der Waals surface area contributed by atoms with Gasteiger partial charge in [-0.1, -0.05) is 0 Å². The molecule has 3 heterocycles. The molecule has 6 amide bonds. The third-order valence-electron chi connectivity index (χ3n) is 9.50. The van der Waals surface area contributed by atoms with E-state index in [4.69, 9.17) is 11.5 Å². The van der Waals surface area contributed by atoms with E-state index in [0.717, 1.165) is 12.8 Å². The first-order valence-corrected chi connectivity index (χ1v) is 17.8. The Bertz CT molecular complexity index is 1340. The molecule has 13 N–H and O–H groups in total. The molecule has 3 aliphatic heterocycles. The van der Waals surface area contributed by atoms with Crippen molar-refractivity contribution in [2.24, 2.45) is 11.5 Å². The molecule has 3 saturated heterocycles. The minimum absolute atomic E-state index is 0.0225. The summed E-state index contributed by atoms with van der Waals surface area (Å²) in [6, 6.07) is -7.30. The highest BCUT2D eigenvalue weighted by Crippen LogP contribution is 2.21. The van der Waals surface area contributed by atoms with E-state index in [2.05, 4.69) is 31.6 Å². The molecule has 0 saturated carbocycles. The number of carbonyl (C=O) groups is 7. The Morgan fingerprint density at radius 3 is 2.15 bits per heavy atom. The summed E-state index contributed by atoms with van der Waals surface area (Å²) in [5, 5.41) is 42.5. The molecule has 20 nitrogen and oxygen atoms in total. The van der Waals surface area contributed by atoms with E-state index in [1.807, 2.05) is 0 Å². The number of hydrogen-bond donors (Lipinski definition) is 11. The van der Waals surface area contributed by atoms with Crippen molar-refractivity contribution in [1.29, 1.82) is 0 Å². The maximum atomic E-state index is 14.0. The van der Waals surface area contributed by atoms with Crippen molar-refractivity contribution in [1.82, 2.24) is 36.4 Å². The minimum Gasteiger partial charge on any atom is -0.481 e. The van der Waals surface area contributed by atoms with Crippen LogP contribution in [0.1, 0.15) is 71.6 Å². The number of carboxylic acids is 1. The van der Waals surface area contributed by atoms with Crippen LogP contribution in [0.4, 0.5) is 0 Å². The van der Waals surface area contributed by atoms with Gasteiger partial charge >= 0.3 is 11.9 Å². The smallest absolute Gasteiger partial charge is 0.338 e. The lowest BCUT2D eigenvalue weighted by atomic mass is 10.1. The second-order valence-electron chi connectivity index (χ2n) is 13.6. The third-order valence-corrected chi connectivity index (χ3v) is 9.50. The average Bonchev–Trinajstić information content (AvgIpc) is 3.89. The molecule has 20 heteroatoms. The van der Waals surface area contributed by atoms with Gasteiger partial charge in [-0.15, -0.1) is 0 Å². The van der Waals surface area contributed by atoms with E-state index < -0.39 is 84.3 Å². The molecule has 0 radical (unpaired) electrons. The molecule has 8 atom stereocenters. The van der Waals surface area contributed by atoms with Crippen LogP contribution >= 0.6 is 0 Å². The van der Waals surface area contributed by atoms with Gasteiger partial charge in [-0.25, -0.2) is 0 Å². The van der Waals surface area contributed by atoms with Crippen LogP contribution in [0.2, 0.25) is 0 Å². The molecular formula is C32H55N10O10+. The van der Waals surface area contributed by atoms with Crippen molar-refractivity contribution >= 4 is 47.4 Å². The number of likely N-dealkylation sites (tertiary alicyclic amines) is 2. The monoisotopic (exact) mass is 739 g/mol. The Kier molecular flexibility index (Phi) is 16.0. The first-order valence-electron chi connectivity index (χ1n) is 17.8. The van der Waals surface area contributed by atoms with E-state index in [1.54, 1.807) is 0 Å². The molecule has 52 heavy (non-hydrogen) atoms. The lowest BCUT2D eigenvalue weighted by Crippen LogP contribution is -2.78. The number of aliphatic carboxylic acids is 1. The summed E-state index contributed by atoms with van der Waals surface area (Å²) in [5.41, 5.74) is 11.0. The Balaban J connectivity index is 1.74. The van der Waals surface area contributed by atoms with E-state index in [1.165, 1.54) is 23.6 Å². The van der Waals surface area contributed by atoms with Crippen molar-refractivity contribution in [2.45, 2.75) is 120 Å². The summed E-state index contributed by atoms with van der Waals surface area (Å²) in [7, 11) is 0. The first kappa shape index (κ1) is 41.9. The number of nitrogens with two attached hydrogens (primary N) is 2. The van der Waals surface area contributed by atoms with Gasteiger partial charge in [0.15, 0.2) is 0 Å². The Morgan fingerprint density at radius 2 is 1.54 bits per heavy atom. The molecule has 3 aliphatic rings. The molecular weight excluding hydrogens is 684 g/mol. The second kappa shape index (κ2) is 19.9. The van der Waals surface area contributed by atoms with Crippen LogP contribution in [0.25, 0.3) is 0 Å². The highest BCUT2D eigenvalue weighted by Gasteiger charge is 2.41. The van der Waals surface area contributed by atoms with Crippen molar-refractivity contribution in [2.75, 3.05) is 32.8 Å². The SMILES string of the molecule is C[C@H](NC(=O)[C@@H]1CCCN1C(=O)[C@H](CCC[NH+]=C(N)N)NC(=O)[C@@H](NC(=O)[C@H](CC(=O)O)NC(=O)[C@@H]1CCCN1)[C@@H](C)O)C(=O)N1CCC[C@H]1CO. The lowest BCUT2D eigenvalue weighted by molar-refractivity contribution is -0.459. The Labute approximate surface area is 301 Å². The zero-order valence-electron chi connectivity index (χ0n) is 29.8. The predicted molar refractivity (Wildman–Crippen MR) is 183 cm³/mol. The fraction of sp³-hybridized carbons (Fsp3) is 0.750. The molecule has 0 aromatic rings. The van der Waals surface area contributed by atoms with Crippen LogP contribution in [0.15, 0.2) is 0 Å². The molecule has 0 aliphatic carbocycles. The van der Waals surface area contributed by atoms with Crippen LogP contribution in [0.3, 0.4) is 0 Å². The standard InChI is InChI=1S/C32H54N10O10/c1-17(30(51)41-13-5-7-19(41)16-43)37-28(49)23-10-6-14-42(23)31(52)21(9-4-12-36-32(33)34)38-29(50)25(18(2)44)40-27(48)22(15-24(45)46)39-26(47)20-8-3-11-35-20/h17-23,25,35,43-44H,3-16H2,1-2H3,(H,37,49)(H,38,50)(H,39,47)(H,40,48)(H,45,46)(H4,33,34,36)/p+1/t17-,18+,19-,20-,21-,22-,23-,25-/m0/s1. The summed E-state index contributed by atoms with van der Waals surface area (Å²) in [6.07, 6.45) is 1.34. The maximum Gasteiger partial charge on any atom is 0.338 e. The van der Waals surface area contributed by atoms with Gasteiger partial charge in [0, 0.05) is 13.1 Å². The van der Waals surface area contributed by atoms with E-state index >= 15 is 0 Å². The molecule has 0 bridgehead atoms. The number of rotatable bonds is 18. The van der Waals surface area contributed by atoms with Crippen LogP contribution in [0, 0.1) is 0 Å². The maximum absolute atomic E-state index is 14.0. The summed E-state index contributed by atoms with van der Waals surface area (Å²) in [5.74, 6) is -5.56. The van der Waals surface area contributed by atoms with Crippen molar-refractivity contribution in [3.63, 3.8) is 0 Å². The highest BCUT2D eigenvalue weighted by molar-refractivity contribution is 5.97. The number of guanidine groups is 1. The van der Waals surface area contributed by atoms with Crippen molar-refractivity contribution < 1.29 is 53.9 Å². The normalized spacial score (nSPS) is 22.7. The van der Waals surface area contributed by atoms with Gasteiger partial charge in [0.05, 0.1) is 37.8 Å². The zero-order valence-corrected chi connectivity index (χ0v) is 29.8. The number of hydrogen-bond acceptors (Lipinski definition) is 10. The molecule has 0 aromatic carbocycles. The molecule has 3 fully saturated rings. The predicted octanol–water partition coefficient (Wildman–Crippen LogP) is -6.34. The minimum atomic E-state index is -1.66. The van der Waals surface area contributed by atoms with Gasteiger partial charge in [0.2, 0.25) is 35.4 Å². The van der Waals surface area contributed by atoms with Gasteiger partial charge in [0.25, 0.3) is 0 Å². The number of carbonyl (C=O) groups excluding carboxylic acids is 6. The highest BCUT2D eigenvalue weighted by atomic mass is 16.4. The Hall–Kier alpha value is -4.56. The molecule has 292 valence electrons. The number of aliphatic hydroxyl groups is 2. The quantitative estimate of drug-likeness (QED) is 0.0355. The summed E-state index contributed by atoms with van der Waals surface area (Å²) in [6.45, 7) is 4.00. The number of amides is 6. The molecule has 0 unspecified atom stereocenters. The number of aliphatic hydroxyl groups excluding tert-OH is 2. The number of nitrogens with one attached hydrogen (secondary N) is 6. The van der Waals surface area contributed by atoms with Crippen LogP contribution < -0.4 is 43.0 Å². The second-order valence-corrected chi connectivity index (χ2v) is 13.6. The summed E-state index contributed by atoms with van der Waals surface area (Å²) < 4.78 is 0. The fourth-order valence-corrected chi connectivity index (χ4v) is 6.72. The van der Waals surface area contributed by atoms with E-state index in [9.17, 15) is 48.9 Å². The van der Waals surface area contributed by atoms with Crippen molar-refractivity contribution in [3.05, 3.63) is 0 Å². The summed E-state index contributed by atoms with van der Waals surface area (Å²) in [4.78, 5) is 97.1. The van der Waals surface area contributed by atoms with E-state index in [-0.39, 0.29) is 50.4 Å². The van der Waals surface area contributed by atoms with Gasteiger partial charge in [-0.2, -0.15) is 0 Å². The Morgan fingerprint density at radius 1 is 0.846 bits per heavy atom. The number of nitrogens with zero attached hydrogens (tertiary/aromatic N) is 2. The molecule has 0 spiro atoms. The lowest BCUT2D eigenvalue weighted by Gasteiger charge is -2.31. The van der Waals surface area contributed by atoms with Gasteiger partial charge in [-0.05, 0) is 71.8 Å². The van der Waals surface area contributed by atoms with Crippen LogP contribution in [-0.2, 0) is 33.6 Å². The molecule has 3 rings (SSSR count). The summed E-state index contributed by atoms with van der Waals surface area (Å²) >= 11 is 0. The zero-order chi connectivity index (χ0) is 38.5. The largest absolute Gasteiger partial charge is 0.481 e. The van der Waals surface area contributed by atoms with Gasteiger partial charge in [0.1, 0.15) is 30.2 Å². The topological polar surface area (TPSA) is 313 Å². The van der Waals surface area contributed by atoms with Crippen molar-refractivity contribution in [3.8, 4) is 0 Å². The van der Waals surface area contributed by atoms with Gasteiger partial charge in [-0.3, -0.25) is 50.0 Å². The third kappa shape index (κ3) is 11.7. The number of carboxylic acid groups (broad SMARTS) is 1. The average molecular weight is 740 g/mol. The fourth-order valence-electron chi connectivity index (χ4n) is 6.72. The molecule has 0 aromatic heterocycles. The van der Waals surface area contributed by atoms with Crippen LogP contribution in [-0.4, -0.2) is 154 Å². The first-order chi connectivity index (χ1) is 24.6. The van der Waals surface area contributed by atoms with E-state index in [0.29, 0.717) is 38.8 Å². The van der Waals surface area contributed by atoms with Crippen LogP contribution in [0.5, 0.6) is 0 Å².